The summed E-state index contributed by atoms with van der Waals surface area (Å²) >= 11 is 0. The highest BCUT2D eigenvalue weighted by molar-refractivity contribution is 5.85. The summed E-state index contributed by atoms with van der Waals surface area (Å²) in [6, 6.07) is 17.0. The maximum Gasteiger partial charge on any atom is 0.317 e. The van der Waals surface area contributed by atoms with Gasteiger partial charge in [0.2, 0.25) is 0 Å². The van der Waals surface area contributed by atoms with E-state index in [2.05, 4.69) is 0 Å². The highest BCUT2D eigenvalue weighted by Gasteiger charge is 2.50. The molecule has 0 saturated carbocycles. The Morgan fingerprint density at radius 3 is 1.20 bits per heavy atom. The minimum Gasteiger partial charge on any atom is -0.508 e. The molecule has 3 N–H and O–H groups in total. The Balaban J connectivity index is 1.91. The number of carbonyl (C=O) groups is 3. The third-order valence-electron chi connectivity index (χ3n) is 7.07. The standard InChI is InChI=1S/C32H36O9/c1-6-31(4,28(37)40-25-15-9-22(34)10-16-25)20-32(5,29(38)41-26-17-11-23(35)12-18-26)19-30(2,3)27(36)39-24-13-7-21(33)8-14-24/h7-18,33-35H,6,19-20H2,1-5H3. The molecule has 3 aromatic rings. The van der Waals surface area contributed by atoms with Crippen molar-refractivity contribution in [2.45, 2.75) is 53.9 Å². The number of phenols is 3. The SMILES string of the molecule is CCC(C)(CC(C)(CC(C)(C)C(=O)Oc1ccc(O)cc1)C(=O)Oc1ccc(O)cc1)C(=O)Oc1ccc(O)cc1. The van der Waals surface area contributed by atoms with Gasteiger partial charge in [-0.2, -0.15) is 0 Å². The van der Waals surface area contributed by atoms with Gasteiger partial charge >= 0.3 is 17.9 Å². The highest BCUT2D eigenvalue weighted by Crippen LogP contribution is 2.46. The summed E-state index contributed by atoms with van der Waals surface area (Å²) in [6.45, 7) is 8.39. The average Bonchev–Trinajstić information content (AvgIpc) is 2.92. The van der Waals surface area contributed by atoms with E-state index in [-0.39, 0.29) is 47.3 Å². The van der Waals surface area contributed by atoms with E-state index in [1.54, 1.807) is 34.6 Å². The van der Waals surface area contributed by atoms with Gasteiger partial charge in [0.05, 0.1) is 16.2 Å². The fraction of sp³-hybridized carbons (Fsp3) is 0.344. The molecule has 0 aliphatic heterocycles. The van der Waals surface area contributed by atoms with Crippen LogP contribution >= 0.6 is 0 Å². The monoisotopic (exact) mass is 564 g/mol. The van der Waals surface area contributed by atoms with Crippen LogP contribution in [-0.2, 0) is 14.4 Å². The molecule has 2 unspecified atom stereocenters. The van der Waals surface area contributed by atoms with Gasteiger partial charge in [0.15, 0.2) is 0 Å². The topological polar surface area (TPSA) is 140 Å². The number of phenolic OH excluding ortho intramolecular Hbond substituents is 3. The van der Waals surface area contributed by atoms with Gasteiger partial charge in [-0.3, -0.25) is 14.4 Å². The van der Waals surface area contributed by atoms with Gasteiger partial charge in [-0.05, 0) is 120 Å². The van der Waals surface area contributed by atoms with Crippen LogP contribution in [0.1, 0.15) is 53.9 Å². The quantitative estimate of drug-likeness (QED) is 0.185. The highest BCUT2D eigenvalue weighted by atomic mass is 16.5. The van der Waals surface area contributed by atoms with Crippen LogP contribution in [0.5, 0.6) is 34.5 Å². The summed E-state index contributed by atoms with van der Waals surface area (Å²) in [5.41, 5.74) is -3.76. The molecule has 0 heterocycles. The summed E-state index contributed by atoms with van der Waals surface area (Å²) < 4.78 is 16.8. The third kappa shape index (κ3) is 8.00. The first-order valence-corrected chi connectivity index (χ1v) is 13.2. The second kappa shape index (κ2) is 12.3. The fourth-order valence-corrected chi connectivity index (χ4v) is 4.71. The molecule has 0 radical (unpaired) electrons. The second-order valence-electron chi connectivity index (χ2n) is 11.4. The molecule has 0 amide bonds. The summed E-state index contributed by atoms with van der Waals surface area (Å²) in [7, 11) is 0. The van der Waals surface area contributed by atoms with E-state index in [0.29, 0.717) is 6.42 Å². The zero-order valence-corrected chi connectivity index (χ0v) is 23.8. The molecular formula is C32H36O9. The zero-order chi connectivity index (χ0) is 30.4. The minimum atomic E-state index is -1.38. The number of rotatable bonds is 11. The van der Waals surface area contributed by atoms with Crippen LogP contribution in [0.25, 0.3) is 0 Å². The van der Waals surface area contributed by atoms with Crippen molar-refractivity contribution >= 4 is 17.9 Å². The summed E-state index contributed by atoms with van der Waals surface area (Å²) in [5.74, 6) is -1.18. The predicted molar refractivity (Wildman–Crippen MR) is 151 cm³/mol. The van der Waals surface area contributed by atoms with Crippen LogP contribution in [-0.4, -0.2) is 33.2 Å². The summed E-state index contributed by atoms with van der Waals surface area (Å²) in [5, 5.41) is 28.7. The van der Waals surface area contributed by atoms with Crippen LogP contribution in [0.15, 0.2) is 72.8 Å². The third-order valence-corrected chi connectivity index (χ3v) is 7.07. The van der Waals surface area contributed by atoms with E-state index >= 15 is 0 Å². The van der Waals surface area contributed by atoms with Crippen molar-refractivity contribution in [2.75, 3.05) is 0 Å². The molecule has 0 fully saturated rings. The molecule has 3 aromatic carbocycles. The number of hydrogen-bond acceptors (Lipinski definition) is 9. The Morgan fingerprint density at radius 1 is 0.537 bits per heavy atom. The van der Waals surface area contributed by atoms with Gasteiger partial charge < -0.3 is 29.5 Å². The molecule has 0 aliphatic carbocycles. The van der Waals surface area contributed by atoms with E-state index in [1.807, 2.05) is 0 Å². The molecular weight excluding hydrogens is 528 g/mol. The van der Waals surface area contributed by atoms with Gasteiger partial charge in [-0.25, -0.2) is 0 Å². The first-order valence-electron chi connectivity index (χ1n) is 13.2. The Bertz CT molecular complexity index is 1360. The molecule has 9 heteroatoms. The molecule has 41 heavy (non-hydrogen) atoms. The number of esters is 3. The van der Waals surface area contributed by atoms with Crippen LogP contribution in [0, 0.1) is 16.2 Å². The van der Waals surface area contributed by atoms with Gasteiger partial charge in [-0.15, -0.1) is 0 Å². The van der Waals surface area contributed by atoms with Crippen molar-refractivity contribution in [3.05, 3.63) is 72.8 Å². The molecule has 0 spiro atoms. The van der Waals surface area contributed by atoms with Crippen molar-refractivity contribution in [1.29, 1.82) is 0 Å². The van der Waals surface area contributed by atoms with E-state index in [9.17, 15) is 29.7 Å². The van der Waals surface area contributed by atoms with Crippen LogP contribution in [0.3, 0.4) is 0 Å². The first-order chi connectivity index (χ1) is 19.2. The summed E-state index contributed by atoms with van der Waals surface area (Å²) in [6.07, 6.45) is 0.237. The van der Waals surface area contributed by atoms with Crippen molar-refractivity contribution in [2.24, 2.45) is 16.2 Å². The molecule has 0 saturated heterocycles. The molecule has 9 nitrogen and oxygen atoms in total. The van der Waals surface area contributed by atoms with E-state index in [4.69, 9.17) is 14.2 Å². The smallest absolute Gasteiger partial charge is 0.317 e. The molecule has 0 bridgehead atoms. The molecule has 3 rings (SSSR count). The maximum absolute atomic E-state index is 13.8. The fourth-order valence-electron chi connectivity index (χ4n) is 4.71. The average molecular weight is 565 g/mol. The molecule has 2 atom stereocenters. The lowest BCUT2D eigenvalue weighted by Gasteiger charge is -2.39. The number of hydrogen-bond donors (Lipinski definition) is 3. The number of aromatic hydroxyl groups is 3. The summed E-state index contributed by atoms with van der Waals surface area (Å²) in [4.78, 5) is 40.5. The Morgan fingerprint density at radius 2 is 0.854 bits per heavy atom. The van der Waals surface area contributed by atoms with Gasteiger partial charge in [0.25, 0.3) is 0 Å². The lowest BCUT2D eigenvalue weighted by atomic mass is 9.65. The van der Waals surface area contributed by atoms with E-state index in [1.165, 1.54) is 72.8 Å². The van der Waals surface area contributed by atoms with Crippen molar-refractivity contribution in [3.63, 3.8) is 0 Å². The lowest BCUT2D eigenvalue weighted by Crippen LogP contribution is -2.46. The number of ether oxygens (including phenoxy) is 3. The minimum absolute atomic E-state index is 0.00112. The van der Waals surface area contributed by atoms with Crippen LogP contribution in [0.4, 0.5) is 0 Å². The molecule has 0 aliphatic rings. The normalized spacial score (nSPS) is 14.3. The Kier molecular flexibility index (Phi) is 9.32. The van der Waals surface area contributed by atoms with Crippen molar-refractivity contribution in [3.8, 4) is 34.5 Å². The van der Waals surface area contributed by atoms with E-state index < -0.39 is 34.2 Å². The zero-order valence-electron chi connectivity index (χ0n) is 23.8. The van der Waals surface area contributed by atoms with Crippen LogP contribution in [0.2, 0.25) is 0 Å². The van der Waals surface area contributed by atoms with Gasteiger partial charge in [0, 0.05) is 0 Å². The van der Waals surface area contributed by atoms with Gasteiger partial charge in [-0.1, -0.05) is 6.92 Å². The second-order valence-corrected chi connectivity index (χ2v) is 11.4. The lowest BCUT2D eigenvalue weighted by molar-refractivity contribution is -0.158. The van der Waals surface area contributed by atoms with Gasteiger partial charge in [0.1, 0.15) is 34.5 Å². The first kappa shape index (κ1) is 31.0. The molecule has 0 aromatic heterocycles. The van der Waals surface area contributed by atoms with E-state index in [0.717, 1.165) is 0 Å². The number of carbonyl (C=O) groups excluding carboxylic acids is 3. The Labute approximate surface area is 239 Å². The maximum atomic E-state index is 13.8. The van der Waals surface area contributed by atoms with Crippen LogP contribution < -0.4 is 14.2 Å². The van der Waals surface area contributed by atoms with Crippen molar-refractivity contribution in [1.82, 2.24) is 0 Å². The molecule has 218 valence electrons. The largest absolute Gasteiger partial charge is 0.508 e. The number of benzene rings is 3. The Hall–Kier alpha value is -4.53. The predicted octanol–water partition coefficient (Wildman–Crippen LogP) is 6.15. The van der Waals surface area contributed by atoms with Crippen molar-refractivity contribution < 1.29 is 43.9 Å².